The Hall–Kier alpha value is 0.0969. The highest BCUT2D eigenvalue weighted by molar-refractivity contribution is 6.69. The zero-order valence-corrected chi connectivity index (χ0v) is 11.4. The molecule has 0 spiro atoms. The van der Waals surface area contributed by atoms with Crippen LogP contribution in [0.4, 0.5) is 0 Å². The largest absolute Gasteiger partial charge is 0.418 e. The van der Waals surface area contributed by atoms with Gasteiger partial charge in [0.2, 0.25) is 0 Å². The molecule has 86 valence electrons. The highest BCUT2D eigenvalue weighted by Crippen LogP contribution is 2.02. The molecule has 0 rings (SSSR count). The third-order valence-corrected chi connectivity index (χ3v) is 3.03. The quantitative estimate of drug-likeness (QED) is 0.383. The zero-order valence-electron chi connectivity index (χ0n) is 10.4. The summed E-state index contributed by atoms with van der Waals surface area (Å²) in [5.74, 6) is 0. The molecule has 0 aliphatic rings. The van der Waals surface area contributed by atoms with E-state index in [0.29, 0.717) is 0 Å². The van der Waals surface area contributed by atoms with E-state index in [9.17, 15) is 0 Å². The van der Waals surface area contributed by atoms with Crippen molar-refractivity contribution in [2.75, 3.05) is 26.2 Å². The van der Waals surface area contributed by atoms with Gasteiger partial charge in [0, 0.05) is 26.2 Å². The standard InChI is InChI=1S/C10H26N2OSi/c1-6-12(7-2)11-9-8-10-13-14(3,4)5/h11H,6-10H2,1-5H3. The van der Waals surface area contributed by atoms with Crippen LogP contribution >= 0.6 is 0 Å². The maximum Gasteiger partial charge on any atom is 0.183 e. The van der Waals surface area contributed by atoms with Gasteiger partial charge in [-0.3, -0.25) is 5.43 Å². The molecule has 0 atom stereocenters. The van der Waals surface area contributed by atoms with Crippen LogP contribution in [-0.2, 0) is 4.43 Å². The van der Waals surface area contributed by atoms with E-state index in [4.69, 9.17) is 4.43 Å². The van der Waals surface area contributed by atoms with Gasteiger partial charge >= 0.3 is 0 Å². The number of hydrazine groups is 1. The van der Waals surface area contributed by atoms with E-state index in [1.165, 1.54) is 0 Å². The fourth-order valence-electron chi connectivity index (χ4n) is 1.13. The molecule has 3 nitrogen and oxygen atoms in total. The van der Waals surface area contributed by atoms with E-state index in [2.05, 4.69) is 43.9 Å². The number of hydrogen-bond donors (Lipinski definition) is 1. The molecule has 0 aromatic rings. The Balaban J connectivity index is 3.29. The molecule has 0 fully saturated rings. The van der Waals surface area contributed by atoms with Crippen LogP contribution in [0.15, 0.2) is 0 Å². The van der Waals surface area contributed by atoms with Crippen molar-refractivity contribution in [2.45, 2.75) is 39.9 Å². The second-order valence-electron chi connectivity index (χ2n) is 4.39. The molecule has 0 unspecified atom stereocenters. The number of nitrogens with one attached hydrogen (secondary N) is 1. The lowest BCUT2D eigenvalue weighted by molar-refractivity contribution is 0.197. The first kappa shape index (κ1) is 14.1. The first-order valence-corrected chi connectivity index (χ1v) is 9.02. The van der Waals surface area contributed by atoms with Crippen LogP contribution in [0.25, 0.3) is 0 Å². The van der Waals surface area contributed by atoms with Crippen LogP contribution < -0.4 is 5.43 Å². The summed E-state index contributed by atoms with van der Waals surface area (Å²) in [5.41, 5.74) is 3.37. The van der Waals surface area contributed by atoms with Gasteiger partial charge in [-0.1, -0.05) is 13.8 Å². The van der Waals surface area contributed by atoms with Crippen LogP contribution in [0.3, 0.4) is 0 Å². The molecule has 0 aliphatic carbocycles. The van der Waals surface area contributed by atoms with Crippen molar-refractivity contribution in [2.24, 2.45) is 0 Å². The van der Waals surface area contributed by atoms with Crippen LogP contribution in [0.1, 0.15) is 20.3 Å². The molecule has 0 aromatic carbocycles. The fraction of sp³-hybridized carbons (Fsp3) is 1.00. The van der Waals surface area contributed by atoms with Gasteiger partial charge in [-0.2, -0.15) is 0 Å². The van der Waals surface area contributed by atoms with E-state index in [1.807, 2.05) is 0 Å². The van der Waals surface area contributed by atoms with E-state index in [1.54, 1.807) is 0 Å². The second kappa shape index (κ2) is 7.40. The Morgan fingerprint density at radius 2 is 1.71 bits per heavy atom. The molecule has 1 N–H and O–H groups in total. The summed E-state index contributed by atoms with van der Waals surface area (Å²) in [7, 11) is -1.29. The molecular formula is C10H26N2OSi. The average Bonchev–Trinajstić information content (AvgIpc) is 2.09. The van der Waals surface area contributed by atoms with Gasteiger partial charge in [0.15, 0.2) is 8.32 Å². The smallest absolute Gasteiger partial charge is 0.183 e. The van der Waals surface area contributed by atoms with Gasteiger partial charge in [-0.05, 0) is 26.1 Å². The first-order valence-electron chi connectivity index (χ1n) is 5.62. The van der Waals surface area contributed by atoms with E-state index in [-0.39, 0.29) is 0 Å². The van der Waals surface area contributed by atoms with Crippen molar-refractivity contribution >= 4 is 8.32 Å². The van der Waals surface area contributed by atoms with E-state index < -0.39 is 8.32 Å². The van der Waals surface area contributed by atoms with Gasteiger partial charge in [0.05, 0.1) is 0 Å². The minimum absolute atomic E-state index is 0.893. The third-order valence-electron chi connectivity index (χ3n) is 1.96. The topological polar surface area (TPSA) is 24.5 Å². The van der Waals surface area contributed by atoms with Crippen molar-refractivity contribution in [3.05, 3.63) is 0 Å². The van der Waals surface area contributed by atoms with Crippen LogP contribution in [0, 0.1) is 0 Å². The summed E-state index contributed by atoms with van der Waals surface area (Å²) in [6.07, 6.45) is 1.10. The molecule has 0 saturated heterocycles. The Labute approximate surface area is 89.9 Å². The van der Waals surface area contributed by atoms with Crippen molar-refractivity contribution in [1.29, 1.82) is 0 Å². The molecule has 0 radical (unpaired) electrons. The van der Waals surface area contributed by atoms with Crippen molar-refractivity contribution in [3.8, 4) is 0 Å². The Bertz CT molecular complexity index is 133. The Morgan fingerprint density at radius 3 is 2.14 bits per heavy atom. The van der Waals surface area contributed by atoms with Gasteiger partial charge < -0.3 is 4.43 Å². The maximum atomic E-state index is 5.76. The zero-order chi connectivity index (χ0) is 11.0. The lowest BCUT2D eigenvalue weighted by atomic mass is 10.5. The third kappa shape index (κ3) is 8.68. The molecule has 14 heavy (non-hydrogen) atoms. The molecule has 0 aromatic heterocycles. The Kier molecular flexibility index (Phi) is 7.45. The van der Waals surface area contributed by atoms with E-state index in [0.717, 1.165) is 32.7 Å². The summed E-state index contributed by atoms with van der Waals surface area (Å²) in [6.45, 7) is 15.0. The van der Waals surface area contributed by atoms with Crippen LogP contribution in [0.5, 0.6) is 0 Å². The number of hydrogen-bond acceptors (Lipinski definition) is 3. The predicted molar refractivity (Wildman–Crippen MR) is 64.8 cm³/mol. The van der Waals surface area contributed by atoms with Gasteiger partial charge in [-0.15, -0.1) is 0 Å². The highest BCUT2D eigenvalue weighted by Gasteiger charge is 2.12. The van der Waals surface area contributed by atoms with Crippen LogP contribution in [-0.4, -0.2) is 39.6 Å². The van der Waals surface area contributed by atoms with Crippen molar-refractivity contribution in [1.82, 2.24) is 10.4 Å². The molecular weight excluding hydrogens is 192 g/mol. The van der Waals surface area contributed by atoms with Gasteiger partial charge in [-0.25, -0.2) is 5.01 Å². The first-order chi connectivity index (χ1) is 6.49. The SMILES string of the molecule is CCN(CC)NCCCO[Si](C)(C)C. The van der Waals surface area contributed by atoms with Crippen LogP contribution in [0.2, 0.25) is 19.6 Å². The minimum atomic E-state index is -1.29. The normalized spacial score (nSPS) is 12.4. The molecule has 0 aliphatic heterocycles. The second-order valence-corrected chi connectivity index (χ2v) is 8.91. The lowest BCUT2D eigenvalue weighted by Gasteiger charge is -2.21. The minimum Gasteiger partial charge on any atom is -0.418 e. The molecule has 0 amide bonds. The molecule has 0 heterocycles. The van der Waals surface area contributed by atoms with Crippen molar-refractivity contribution in [3.63, 3.8) is 0 Å². The summed E-state index contributed by atoms with van der Waals surface area (Å²) in [5, 5.41) is 2.22. The summed E-state index contributed by atoms with van der Waals surface area (Å²) < 4.78 is 5.76. The summed E-state index contributed by atoms with van der Waals surface area (Å²) in [4.78, 5) is 0. The van der Waals surface area contributed by atoms with Gasteiger partial charge in [0.25, 0.3) is 0 Å². The molecule has 4 heteroatoms. The maximum absolute atomic E-state index is 5.76. The monoisotopic (exact) mass is 218 g/mol. The molecule has 0 bridgehead atoms. The highest BCUT2D eigenvalue weighted by atomic mass is 28.4. The average molecular weight is 218 g/mol. The Morgan fingerprint density at radius 1 is 1.14 bits per heavy atom. The van der Waals surface area contributed by atoms with Gasteiger partial charge in [0.1, 0.15) is 0 Å². The molecule has 0 saturated carbocycles. The number of rotatable bonds is 8. The lowest BCUT2D eigenvalue weighted by Crippen LogP contribution is -2.38. The van der Waals surface area contributed by atoms with Crippen molar-refractivity contribution < 1.29 is 4.43 Å². The predicted octanol–water partition coefficient (Wildman–Crippen LogP) is 2.07. The number of nitrogens with zero attached hydrogens (tertiary/aromatic N) is 1. The fourth-order valence-corrected chi connectivity index (χ4v) is 1.89. The summed E-state index contributed by atoms with van der Waals surface area (Å²) in [6, 6.07) is 0. The summed E-state index contributed by atoms with van der Waals surface area (Å²) >= 11 is 0. The van der Waals surface area contributed by atoms with E-state index >= 15 is 0 Å².